The van der Waals surface area contributed by atoms with Crippen LogP contribution in [0, 0.1) is 5.41 Å². The fourth-order valence-corrected chi connectivity index (χ4v) is 3.72. The zero-order valence-electron chi connectivity index (χ0n) is 11.2. The molecular formula is C16H23NO. The molecular weight excluding hydrogens is 222 g/mol. The Hall–Kier alpha value is -0.860. The van der Waals surface area contributed by atoms with Gasteiger partial charge < -0.3 is 10.1 Å². The van der Waals surface area contributed by atoms with Crippen molar-refractivity contribution in [1.82, 2.24) is 5.32 Å². The van der Waals surface area contributed by atoms with E-state index < -0.39 is 0 Å². The molecule has 0 saturated carbocycles. The van der Waals surface area contributed by atoms with Crippen molar-refractivity contribution in [2.24, 2.45) is 5.41 Å². The zero-order chi connectivity index (χ0) is 12.4. The van der Waals surface area contributed by atoms with Crippen molar-refractivity contribution >= 4 is 0 Å². The number of benzene rings is 1. The molecule has 0 radical (unpaired) electrons. The normalized spacial score (nSPS) is 30.6. The summed E-state index contributed by atoms with van der Waals surface area (Å²) >= 11 is 0. The Morgan fingerprint density at radius 1 is 1.33 bits per heavy atom. The molecule has 2 aliphatic rings. The SMILES string of the molecule is CCOC[C@]12CCCNC1c1ccccc1CC2. The molecule has 0 amide bonds. The van der Waals surface area contributed by atoms with Crippen LogP contribution in [0.25, 0.3) is 0 Å². The molecule has 2 atom stereocenters. The number of hydrogen-bond donors (Lipinski definition) is 1. The first kappa shape index (κ1) is 12.2. The number of piperidine rings is 1. The highest BCUT2D eigenvalue weighted by molar-refractivity contribution is 5.35. The second-order valence-electron chi connectivity index (χ2n) is 5.69. The summed E-state index contributed by atoms with van der Waals surface area (Å²) in [6.45, 7) is 4.98. The minimum atomic E-state index is 0.336. The van der Waals surface area contributed by atoms with Gasteiger partial charge >= 0.3 is 0 Å². The molecule has 18 heavy (non-hydrogen) atoms. The minimum Gasteiger partial charge on any atom is -0.381 e. The van der Waals surface area contributed by atoms with E-state index in [4.69, 9.17) is 4.74 Å². The van der Waals surface area contributed by atoms with E-state index in [-0.39, 0.29) is 0 Å². The van der Waals surface area contributed by atoms with E-state index >= 15 is 0 Å². The largest absolute Gasteiger partial charge is 0.381 e. The first-order chi connectivity index (χ1) is 8.86. The molecule has 2 nitrogen and oxygen atoms in total. The van der Waals surface area contributed by atoms with Crippen molar-refractivity contribution < 1.29 is 4.74 Å². The van der Waals surface area contributed by atoms with Gasteiger partial charge in [-0.3, -0.25) is 0 Å². The van der Waals surface area contributed by atoms with Crippen LogP contribution in [0.1, 0.15) is 43.4 Å². The van der Waals surface area contributed by atoms with Gasteiger partial charge in [0, 0.05) is 18.1 Å². The first-order valence-electron chi connectivity index (χ1n) is 7.25. The number of nitrogens with one attached hydrogen (secondary N) is 1. The van der Waals surface area contributed by atoms with E-state index in [1.807, 2.05) is 0 Å². The van der Waals surface area contributed by atoms with Crippen LogP contribution in [0.5, 0.6) is 0 Å². The standard InChI is InChI=1S/C16H23NO/c1-2-18-12-16-9-5-11-17-15(16)14-7-4-3-6-13(14)8-10-16/h3-4,6-7,15,17H,2,5,8-12H2,1H3/t15?,16-/m1/s1. The van der Waals surface area contributed by atoms with Gasteiger partial charge in [0.1, 0.15) is 0 Å². The molecule has 1 aromatic carbocycles. The van der Waals surface area contributed by atoms with Gasteiger partial charge in [0.25, 0.3) is 0 Å². The lowest BCUT2D eigenvalue weighted by Crippen LogP contribution is -2.48. The van der Waals surface area contributed by atoms with Crippen molar-refractivity contribution in [3.05, 3.63) is 35.4 Å². The Balaban J connectivity index is 1.93. The van der Waals surface area contributed by atoms with Gasteiger partial charge in [0.05, 0.1) is 6.61 Å². The van der Waals surface area contributed by atoms with Gasteiger partial charge in [-0.05, 0) is 50.3 Å². The Bertz CT molecular complexity index is 417. The van der Waals surface area contributed by atoms with Crippen molar-refractivity contribution in [3.8, 4) is 0 Å². The van der Waals surface area contributed by atoms with Gasteiger partial charge in [0.2, 0.25) is 0 Å². The van der Waals surface area contributed by atoms with Crippen LogP contribution in [-0.2, 0) is 11.2 Å². The van der Waals surface area contributed by atoms with Crippen LogP contribution >= 0.6 is 0 Å². The molecule has 98 valence electrons. The Labute approximate surface area is 110 Å². The third kappa shape index (κ3) is 1.98. The van der Waals surface area contributed by atoms with Crippen molar-refractivity contribution in [1.29, 1.82) is 0 Å². The van der Waals surface area contributed by atoms with Crippen LogP contribution < -0.4 is 5.32 Å². The maximum absolute atomic E-state index is 5.81. The number of fused-ring (bicyclic) bond motifs is 3. The third-order valence-corrected chi connectivity index (χ3v) is 4.66. The molecule has 0 aromatic heterocycles. The van der Waals surface area contributed by atoms with E-state index in [0.717, 1.165) is 19.8 Å². The summed E-state index contributed by atoms with van der Waals surface area (Å²) in [7, 11) is 0. The first-order valence-corrected chi connectivity index (χ1v) is 7.25. The molecule has 3 rings (SSSR count). The van der Waals surface area contributed by atoms with E-state index in [2.05, 4.69) is 36.5 Å². The van der Waals surface area contributed by atoms with Gasteiger partial charge in [-0.1, -0.05) is 24.3 Å². The zero-order valence-corrected chi connectivity index (χ0v) is 11.2. The van der Waals surface area contributed by atoms with Gasteiger partial charge in [-0.2, -0.15) is 0 Å². The molecule has 0 bridgehead atoms. The lowest BCUT2D eigenvalue weighted by atomic mass is 9.64. The predicted octanol–water partition coefficient (Wildman–Crippen LogP) is 3.08. The third-order valence-electron chi connectivity index (χ3n) is 4.66. The maximum atomic E-state index is 5.81. The summed E-state index contributed by atoms with van der Waals surface area (Å²) in [5.41, 5.74) is 3.38. The monoisotopic (exact) mass is 245 g/mol. The molecule has 2 heteroatoms. The minimum absolute atomic E-state index is 0.336. The number of aryl methyl sites for hydroxylation is 1. The molecule has 0 spiro atoms. The fourth-order valence-electron chi connectivity index (χ4n) is 3.72. The van der Waals surface area contributed by atoms with E-state index in [1.54, 1.807) is 0 Å². The highest BCUT2D eigenvalue weighted by Gasteiger charge is 2.44. The van der Waals surface area contributed by atoms with Crippen LogP contribution in [0.4, 0.5) is 0 Å². The van der Waals surface area contributed by atoms with Crippen molar-refractivity contribution in [2.75, 3.05) is 19.8 Å². The summed E-state index contributed by atoms with van der Waals surface area (Å²) in [5, 5.41) is 3.75. The number of rotatable bonds is 3. The van der Waals surface area contributed by atoms with Crippen molar-refractivity contribution in [2.45, 2.75) is 38.6 Å². The van der Waals surface area contributed by atoms with Crippen LogP contribution in [-0.4, -0.2) is 19.8 Å². The van der Waals surface area contributed by atoms with Gasteiger partial charge in [-0.25, -0.2) is 0 Å². The molecule has 1 aliphatic carbocycles. The molecule has 1 heterocycles. The van der Waals surface area contributed by atoms with Crippen molar-refractivity contribution in [3.63, 3.8) is 0 Å². The summed E-state index contributed by atoms with van der Waals surface area (Å²) in [6.07, 6.45) is 5.06. The molecule has 1 aromatic rings. The Kier molecular flexibility index (Phi) is 3.40. The summed E-state index contributed by atoms with van der Waals surface area (Å²) < 4.78 is 5.81. The lowest BCUT2D eigenvalue weighted by molar-refractivity contribution is -0.00667. The van der Waals surface area contributed by atoms with Gasteiger partial charge in [-0.15, -0.1) is 0 Å². The Morgan fingerprint density at radius 3 is 3.11 bits per heavy atom. The topological polar surface area (TPSA) is 21.3 Å². The maximum Gasteiger partial charge on any atom is 0.0540 e. The smallest absolute Gasteiger partial charge is 0.0540 e. The molecule has 1 saturated heterocycles. The summed E-state index contributed by atoms with van der Waals surface area (Å²) in [6, 6.07) is 9.43. The van der Waals surface area contributed by atoms with Crippen LogP contribution in [0.3, 0.4) is 0 Å². The second-order valence-corrected chi connectivity index (χ2v) is 5.69. The lowest BCUT2D eigenvalue weighted by Gasteiger charge is -2.48. The van der Waals surface area contributed by atoms with E-state index in [1.165, 1.54) is 36.8 Å². The molecule has 1 N–H and O–H groups in total. The summed E-state index contributed by atoms with van der Waals surface area (Å²) in [5.74, 6) is 0. The number of ether oxygens (including phenoxy) is 1. The van der Waals surface area contributed by atoms with E-state index in [0.29, 0.717) is 11.5 Å². The molecule has 1 aliphatic heterocycles. The fraction of sp³-hybridized carbons (Fsp3) is 0.625. The van der Waals surface area contributed by atoms with E-state index in [9.17, 15) is 0 Å². The predicted molar refractivity (Wildman–Crippen MR) is 73.7 cm³/mol. The second kappa shape index (κ2) is 5.02. The molecule has 1 unspecified atom stereocenters. The Morgan fingerprint density at radius 2 is 2.22 bits per heavy atom. The summed E-state index contributed by atoms with van der Waals surface area (Å²) in [4.78, 5) is 0. The van der Waals surface area contributed by atoms with Gasteiger partial charge in [0.15, 0.2) is 0 Å². The highest BCUT2D eigenvalue weighted by atomic mass is 16.5. The highest BCUT2D eigenvalue weighted by Crippen LogP contribution is 2.49. The number of hydrogen-bond acceptors (Lipinski definition) is 2. The average molecular weight is 245 g/mol. The van der Waals surface area contributed by atoms with Crippen LogP contribution in [0.2, 0.25) is 0 Å². The van der Waals surface area contributed by atoms with Crippen LogP contribution in [0.15, 0.2) is 24.3 Å². The quantitative estimate of drug-likeness (QED) is 0.883. The average Bonchev–Trinajstić information content (AvgIpc) is 2.45. The molecule has 1 fully saturated rings.